The summed E-state index contributed by atoms with van der Waals surface area (Å²) in [4.78, 5) is 72.0. The van der Waals surface area contributed by atoms with Crippen molar-refractivity contribution in [3.63, 3.8) is 0 Å². The van der Waals surface area contributed by atoms with E-state index in [1.54, 1.807) is 36.4 Å². The lowest BCUT2D eigenvalue weighted by Crippen LogP contribution is -2.46. The van der Waals surface area contributed by atoms with Crippen LogP contribution in [0.3, 0.4) is 0 Å². The maximum Gasteiger partial charge on any atom is 0.253 e. The molecule has 0 saturated heterocycles. The van der Waals surface area contributed by atoms with Crippen molar-refractivity contribution in [2.75, 3.05) is 0 Å². The Labute approximate surface area is 213 Å². The van der Waals surface area contributed by atoms with Crippen LogP contribution < -0.4 is 33.6 Å². The van der Waals surface area contributed by atoms with Crippen molar-refractivity contribution >= 4 is 57.0 Å². The van der Waals surface area contributed by atoms with E-state index in [2.05, 4.69) is 10.6 Å². The third-order valence-corrected chi connectivity index (χ3v) is 7.07. The molecule has 0 aliphatic heterocycles. The number of carbonyl (C=O) groups is 6. The average molecular weight is 533 g/mol. The predicted molar refractivity (Wildman–Crippen MR) is 133 cm³/mol. The molecule has 0 heterocycles. The van der Waals surface area contributed by atoms with Gasteiger partial charge in [-0.25, -0.2) is 0 Å². The van der Waals surface area contributed by atoms with E-state index >= 15 is 0 Å². The second-order valence-corrected chi connectivity index (χ2v) is 9.57. The van der Waals surface area contributed by atoms with E-state index in [1.165, 1.54) is 12.1 Å². The van der Waals surface area contributed by atoms with Gasteiger partial charge >= 0.3 is 0 Å². The minimum atomic E-state index is -1.27. The van der Waals surface area contributed by atoms with Crippen LogP contribution in [0.5, 0.6) is 0 Å². The molecule has 14 heteroatoms. The molecule has 2 aromatic rings. The summed E-state index contributed by atoms with van der Waals surface area (Å²) in [7, 11) is 2.30. The van der Waals surface area contributed by atoms with E-state index in [0.717, 1.165) is 21.6 Å². The van der Waals surface area contributed by atoms with Crippen molar-refractivity contribution in [1.82, 2.24) is 10.6 Å². The SMILES string of the molecule is NC(=O)C[C@H](NC(=O)c1ccccc1SSc1ccccc1C(=O)N[C@@H](CC(N)=O)C(N)=O)C(N)=O. The molecule has 0 bridgehead atoms. The van der Waals surface area contributed by atoms with Gasteiger partial charge in [-0.15, -0.1) is 0 Å². The van der Waals surface area contributed by atoms with E-state index in [0.29, 0.717) is 9.79 Å². The normalized spacial score (nSPS) is 12.1. The van der Waals surface area contributed by atoms with Crippen LogP contribution in [0, 0.1) is 0 Å². The van der Waals surface area contributed by atoms with E-state index in [-0.39, 0.29) is 11.1 Å². The maximum absolute atomic E-state index is 12.8. The molecule has 0 aliphatic rings. The predicted octanol–water partition coefficient (Wildman–Crippen LogP) is -0.596. The van der Waals surface area contributed by atoms with Gasteiger partial charge in [-0.05, 0) is 24.3 Å². The van der Waals surface area contributed by atoms with Crippen LogP contribution >= 0.6 is 21.6 Å². The number of amides is 6. The van der Waals surface area contributed by atoms with Gasteiger partial charge < -0.3 is 33.6 Å². The topological polar surface area (TPSA) is 231 Å². The minimum absolute atomic E-state index is 0.197. The molecule has 0 unspecified atom stereocenters. The second-order valence-electron chi connectivity index (χ2n) is 7.36. The fourth-order valence-electron chi connectivity index (χ4n) is 2.86. The van der Waals surface area contributed by atoms with Crippen molar-refractivity contribution in [2.24, 2.45) is 22.9 Å². The zero-order chi connectivity index (χ0) is 26.8. The van der Waals surface area contributed by atoms with E-state index in [9.17, 15) is 28.8 Å². The molecule has 0 aromatic heterocycles. The first-order chi connectivity index (χ1) is 17.0. The van der Waals surface area contributed by atoms with Crippen LogP contribution in [0.4, 0.5) is 0 Å². The molecule has 10 N–H and O–H groups in total. The first-order valence-electron chi connectivity index (χ1n) is 10.3. The van der Waals surface area contributed by atoms with Crippen LogP contribution in [0.15, 0.2) is 58.3 Å². The highest BCUT2D eigenvalue weighted by Gasteiger charge is 2.24. The lowest BCUT2D eigenvalue weighted by atomic mass is 10.1. The quantitative estimate of drug-likeness (QED) is 0.182. The van der Waals surface area contributed by atoms with Gasteiger partial charge in [0.15, 0.2) is 0 Å². The summed E-state index contributed by atoms with van der Waals surface area (Å²) < 4.78 is 0. The van der Waals surface area contributed by atoms with Gasteiger partial charge in [-0.2, -0.15) is 0 Å². The molecular formula is C22H24N6O6S2. The maximum atomic E-state index is 12.8. The Kier molecular flexibility index (Phi) is 10.3. The zero-order valence-corrected chi connectivity index (χ0v) is 20.4. The van der Waals surface area contributed by atoms with Crippen molar-refractivity contribution in [3.05, 3.63) is 59.7 Å². The molecular weight excluding hydrogens is 508 g/mol. The summed E-state index contributed by atoms with van der Waals surface area (Å²) in [6.45, 7) is 0. The number of benzene rings is 2. The number of hydrogen-bond acceptors (Lipinski definition) is 8. The Morgan fingerprint density at radius 2 is 0.944 bits per heavy atom. The molecule has 0 radical (unpaired) electrons. The van der Waals surface area contributed by atoms with Crippen molar-refractivity contribution in [2.45, 2.75) is 34.7 Å². The molecule has 0 spiro atoms. The Balaban J connectivity index is 2.20. The third kappa shape index (κ3) is 8.32. The highest BCUT2D eigenvalue weighted by atomic mass is 33.1. The largest absolute Gasteiger partial charge is 0.370 e. The number of carbonyl (C=O) groups excluding carboxylic acids is 6. The first kappa shape index (κ1) is 28.2. The van der Waals surface area contributed by atoms with Crippen LogP contribution in [-0.4, -0.2) is 47.5 Å². The summed E-state index contributed by atoms with van der Waals surface area (Å²) in [5.41, 5.74) is 21.1. The zero-order valence-electron chi connectivity index (χ0n) is 18.8. The van der Waals surface area contributed by atoms with Crippen LogP contribution in [0.25, 0.3) is 0 Å². The van der Waals surface area contributed by atoms with E-state index < -0.39 is 60.4 Å². The summed E-state index contributed by atoms with van der Waals surface area (Å²) in [6, 6.07) is 10.4. The molecule has 190 valence electrons. The second kappa shape index (κ2) is 13.2. The summed E-state index contributed by atoms with van der Waals surface area (Å²) >= 11 is 0. The summed E-state index contributed by atoms with van der Waals surface area (Å²) in [6.07, 6.45) is -0.897. The molecule has 2 atom stereocenters. The molecule has 0 fully saturated rings. The number of nitrogens with two attached hydrogens (primary N) is 4. The summed E-state index contributed by atoms with van der Waals surface area (Å²) in [5.74, 6) is -4.72. The van der Waals surface area contributed by atoms with Gasteiger partial charge in [-0.3, -0.25) is 28.8 Å². The van der Waals surface area contributed by atoms with Gasteiger partial charge in [-0.1, -0.05) is 45.9 Å². The monoisotopic (exact) mass is 532 g/mol. The number of hydrogen-bond donors (Lipinski definition) is 6. The Morgan fingerprint density at radius 3 is 1.25 bits per heavy atom. The number of nitrogens with one attached hydrogen (secondary N) is 2. The van der Waals surface area contributed by atoms with Gasteiger partial charge in [0.1, 0.15) is 12.1 Å². The Morgan fingerprint density at radius 1 is 0.611 bits per heavy atom. The lowest BCUT2D eigenvalue weighted by Gasteiger charge is -2.16. The minimum Gasteiger partial charge on any atom is -0.370 e. The molecule has 0 aliphatic carbocycles. The van der Waals surface area contributed by atoms with E-state index in [1.807, 2.05) is 0 Å². The highest BCUT2D eigenvalue weighted by Crippen LogP contribution is 2.40. The third-order valence-electron chi connectivity index (χ3n) is 4.59. The average Bonchev–Trinajstić information content (AvgIpc) is 2.81. The molecule has 2 rings (SSSR count). The molecule has 12 nitrogen and oxygen atoms in total. The number of primary amides is 4. The highest BCUT2D eigenvalue weighted by molar-refractivity contribution is 8.76. The molecule has 6 amide bonds. The Hall–Kier alpha value is -4.04. The first-order valence-corrected chi connectivity index (χ1v) is 12.4. The van der Waals surface area contributed by atoms with Crippen LogP contribution in [0.1, 0.15) is 33.6 Å². The van der Waals surface area contributed by atoms with Crippen molar-refractivity contribution < 1.29 is 28.8 Å². The Bertz CT molecular complexity index is 1100. The lowest BCUT2D eigenvalue weighted by molar-refractivity contribution is -0.124. The fourth-order valence-corrected chi connectivity index (χ4v) is 5.22. The van der Waals surface area contributed by atoms with Crippen molar-refractivity contribution in [3.8, 4) is 0 Å². The van der Waals surface area contributed by atoms with Crippen LogP contribution in [-0.2, 0) is 19.2 Å². The number of rotatable bonds is 13. The van der Waals surface area contributed by atoms with E-state index in [4.69, 9.17) is 22.9 Å². The van der Waals surface area contributed by atoms with Gasteiger partial charge in [0.2, 0.25) is 23.6 Å². The smallest absolute Gasteiger partial charge is 0.253 e. The van der Waals surface area contributed by atoms with Crippen LogP contribution in [0.2, 0.25) is 0 Å². The standard InChI is InChI=1S/C22H24N6O6S2/c23-17(29)9-13(19(25)31)27-21(33)11-5-1-3-7-15(11)35-36-16-8-4-2-6-12(16)22(34)28-14(20(26)32)10-18(24)30/h1-8,13-14H,9-10H2,(H2,23,29)(H2,24,30)(H2,25,31)(H2,26,32)(H,27,33)(H,28,34)/t13-,14-/m0/s1. The van der Waals surface area contributed by atoms with Gasteiger partial charge in [0.05, 0.1) is 24.0 Å². The van der Waals surface area contributed by atoms with Gasteiger partial charge in [0, 0.05) is 9.79 Å². The molecule has 2 aromatic carbocycles. The molecule has 0 saturated carbocycles. The summed E-state index contributed by atoms with van der Waals surface area (Å²) in [5, 5.41) is 4.79. The molecule has 36 heavy (non-hydrogen) atoms. The van der Waals surface area contributed by atoms with Crippen molar-refractivity contribution in [1.29, 1.82) is 0 Å². The van der Waals surface area contributed by atoms with Gasteiger partial charge in [0.25, 0.3) is 11.8 Å². The fraction of sp³-hybridized carbons (Fsp3) is 0.182.